The Kier molecular flexibility index (Phi) is 4.03. The fourth-order valence-corrected chi connectivity index (χ4v) is 4.13. The molecule has 0 fully saturated rings. The molecule has 3 rings (SSSR count). The number of aryl methyl sites for hydroxylation is 2. The molecule has 1 unspecified atom stereocenters. The van der Waals surface area contributed by atoms with Crippen LogP contribution in [-0.2, 0) is 0 Å². The molecule has 0 spiro atoms. The van der Waals surface area contributed by atoms with E-state index in [9.17, 15) is 0 Å². The van der Waals surface area contributed by atoms with Gasteiger partial charge in [0, 0.05) is 20.2 Å². The van der Waals surface area contributed by atoms with E-state index in [0.29, 0.717) is 0 Å². The number of hydrogen-bond acceptors (Lipinski definition) is 2. The monoisotopic (exact) mass is 315 g/mol. The van der Waals surface area contributed by atoms with Crippen LogP contribution in [0.3, 0.4) is 0 Å². The second-order valence-electron chi connectivity index (χ2n) is 5.29. The first kappa shape index (κ1) is 14.6. The Balaban J connectivity index is 2.20. The third-order valence-electron chi connectivity index (χ3n) is 3.97. The van der Waals surface area contributed by atoms with Gasteiger partial charge in [-0.15, -0.1) is 11.3 Å². The molecular weight excluding hydrogens is 298 g/mol. The Morgan fingerprint density at radius 3 is 2.38 bits per heavy atom. The Labute approximate surface area is 134 Å². The first-order valence-corrected chi connectivity index (χ1v) is 8.22. The maximum atomic E-state index is 6.33. The van der Waals surface area contributed by atoms with Gasteiger partial charge in [-0.2, -0.15) is 0 Å². The smallest absolute Gasteiger partial charge is 0.0674 e. The van der Waals surface area contributed by atoms with Gasteiger partial charge in [0.15, 0.2) is 0 Å². The zero-order valence-electron chi connectivity index (χ0n) is 12.4. The third-order valence-corrected chi connectivity index (χ3v) is 5.52. The topological polar surface area (TPSA) is 12.0 Å². The molecule has 0 radical (unpaired) electrons. The number of hydrogen-bond donors (Lipinski definition) is 1. The van der Waals surface area contributed by atoms with E-state index in [1.807, 2.05) is 30.5 Å². The Morgan fingerprint density at radius 1 is 1.05 bits per heavy atom. The summed E-state index contributed by atoms with van der Waals surface area (Å²) in [6.07, 6.45) is 0. The van der Waals surface area contributed by atoms with Crippen molar-refractivity contribution in [2.75, 3.05) is 7.05 Å². The van der Waals surface area contributed by atoms with Crippen molar-refractivity contribution < 1.29 is 0 Å². The highest BCUT2D eigenvalue weighted by Gasteiger charge is 2.18. The van der Waals surface area contributed by atoms with Gasteiger partial charge in [0.05, 0.1) is 6.04 Å². The number of halogens is 1. The molecular formula is C18H18ClNS. The molecule has 0 bridgehead atoms. The van der Waals surface area contributed by atoms with E-state index in [1.165, 1.54) is 26.3 Å². The molecule has 1 aromatic heterocycles. The van der Waals surface area contributed by atoms with Crippen LogP contribution in [-0.4, -0.2) is 7.05 Å². The highest BCUT2D eigenvalue weighted by atomic mass is 35.5. The molecule has 0 saturated carbocycles. The predicted molar refractivity (Wildman–Crippen MR) is 93.7 cm³/mol. The number of benzene rings is 2. The number of fused-ring (bicyclic) bond motifs is 1. The SMILES string of the molecule is CNC(c1cc(C)c(C)s1)c1ccc(Cl)c2ccccc12. The van der Waals surface area contributed by atoms with E-state index in [0.717, 1.165) is 10.4 Å². The molecule has 0 aliphatic carbocycles. The van der Waals surface area contributed by atoms with E-state index in [-0.39, 0.29) is 6.04 Å². The van der Waals surface area contributed by atoms with Gasteiger partial charge in [-0.3, -0.25) is 0 Å². The van der Waals surface area contributed by atoms with Gasteiger partial charge < -0.3 is 5.32 Å². The van der Waals surface area contributed by atoms with Crippen LogP contribution in [0.15, 0.2) is 42.5 Å². The lowest BCUT2D eigenvalue weighted by molar-refractivity contribution is 0.709. The minimum atomic E-state index is 0.199. The van der Waals surface area contributed by atoms with Crippen LogP contribution in [0.5, 0.6) is 0 Å². The average Bonchev–Trinajstić information content (AvgIpc) is 2.82. The quantitative estimate of drug-likeness (QED) is 0.674. The third kappa shape index (κ3) is 2.59. The Hall–Kier alpha value is -1.35. The van der Waals surface area contributed by atoms with Crippen LogP contribution in [0.1, 0.15) is 26.9 Å². The van der Waals surface area contributed by atoms with Crippen molar-refractivity contribution in [2.24, 2.45) is 0 Å². The second kappa shape index (κ2) is 5.80. The summed E-state index contributed by atoms with van der Waals surface area (Å²) in [5.41, 5.74) is 2.63. The summed E-state index contributed by atoms with van der Waals surface area (Å²) in [6.45, 7) is 4.35. The van der Waals surface area contributed by atoms with E-state index in [4.69, 9.17) is 11.6 Å². The molecule has 0 aliphatic heterocycles. The van der Waals surface area contributed by atoms with E-state index < -0.39 is 0 Å². The molecule has 0 saturated heterocycles. The summed E-state index contributed by atoms with van der Waals surface area (Å²) < 4.78 is 0. The van der Waals surface area contributed by atoms with E-state index in [2.05, 4.69) is 49.5 Å². The molecule has 1 N–H and O–H groups in total. The molecule has 2 aromatic carbocycles. The van der Waals surface area contributed by atoms with Crippen LogP contribution in [0.2, 0.25) is 5.02 Å². The lowest BCUT2D eigenvalue weighted by Crippen LogP contribution is -2.16. The van der Waals surface area contributed by atoms with Crippen LogP contribution in [0, 0.1) is 13.8 Å². The predicted octanol–water partition coefficient (Wildman–Crippen LogP) is 5.48. The molecule has 0 amide bonds. The summed E-state index contributed by atoms with van der Waals surface area (Å²) in [5, 5.41) is 6.59. The number of thiophene rings is 1. The Bertz CT molecular complexity index is 772. The maximum Gasteiger partial charge on any atom is 0.0674 e. The normalized spacial score (nSPS) is 12.8. The first-order chi connectivity index (χ1) is 10.1. The number of nitrogens with one attached hydrogen (secondary N) is 1. The molecule has 1 heterocycles. The van der Waals surface area contributed by atoms with Crippen LogP contribution < -0.4 is 5.32 Å². The van der Waals surface area contributed by atoms with Crippen molar-refractivity contribution in [2.45, 2.75) is 19.9 Å². The van der Waals surface area contributed by atoms with Gasteiger partial charge in [0.25, 0.3) is 0 Å². The molecule has 1 atom stereocenters. The summed E-state index contributed by atoms with van der Waals surface area (Å²) in [7, 11) is 2.01. The fourth-order valence-electron chi connectivity index (χ4n) is 2.73. The number of rotatable bonds is 3. The largest absolute Gasteiger partial charge is 0.309 e. The maximum absolute atomic E-state index is 6.33. The molecule has 108 valence electrons. The van der Waals surface area contributed by atoms with Crippen molar-refractivity contribution in [1.82, 2.24) is 5.32 Å². The Morgan fingerprint density at radius 2 is 1.76 bits per heavy atom. The molecule has 1 nitrogen and oxygen atoms in total. The van der Waals surface area contributed by atoms with Gasteiger partial charge in [-0.05, 0) is 49.5 Å². The van der Waals surface area contributed by atoms with Gasteiger partial charge in [0.1, 0.15) is 0 Å². The minimum absolute atomic E-state index is 0.199. The van der Waals surface area contributed by atoms with Gasteiger partial charge in [-0.25, -0.2) is 0 Å². The molecule has 3 heteroatoms. The van der Waals surface area contributed by atoms with Crippen molar-refractivity contribution in [3.8, 4) is 0 Å². The van der Waals surface area contributed by atoms with Crippen LogP contribution in [0.4, 0.5) is 0 Å². The van der Waals surface area contributed by atoms with Crippen molar-refractivity contribution in [3.63, 3.8) is 0 Å². The van der Waals surface area contributed by atoms with Crippen molar-refractivity contribution in [1.29, 1.82) is 0 Å². The lowest BCUT2D eigenvalue weighted by atomic mass is 9.97. The van der Waals surface area contributed by atoms with E-state index in [1.54, 1.807) is 0 Å². The highest BCUT2D eigenvalue weighted by molar-refractivity contribution is 7.12. The summed E-state index contributed by atoms with van der Waals surface area (Å²) in [4.78, 5) is 2.73. The molecule has 21 heavy (non-hydrogen) atoms. The fraction of sp³-hybridized carbons (Fsp3) is 0.222. The highest BCUT2D eigenvalue weighted by Crippen LogP contribution is 2.36. The van der Waals surface area contributed by atoms with Crippen molar-refractivity contribution >= 4 is 33.7 Å². The zero-order valence-corrected chi connectivity index (χ0v) is 14.0. The first-order valence-electron chi connectivity index (χ1n) is 7.03. The van der Waals surface area contributed by atoms with Crippen molar-refractivity contribution in [3.05, 3.63) is 68.4 Å². The van der Waals surface area contributed by atoms with Crippen LogP contribution in [0.25, 0.3) is 10.8 Å². The van der Waals surface area contributed by atoms with Gasteiger partial charge in [0.2, 0.25) is 0 Å². The van der Waals surface area contributed by atoms with Crippen LogP contribution >= 0.6 is 22.9 Å². The summed E-state index contributed by atoms with van der Waals surface area (Å²) >= 11 is 8.19. The molecule has 0 aliphatic rings. The summed E-state index contributed by atoms with van der Waals surface area (Å²) in [6, 6.07) is 14.9. The zero-order chi connectivity index (χ0) is 15.0. The minimum Gasteiger partial charge on any atom is -0.309 e. The van der Waals surface area contributed by atoms with Gasteiger partial charge >= 0.3 is 0 Å². The lowest BCUT2D eigenvalue weighted by Gasteiger charge is -2.18. The van der Waals surface area contributed by atoms with E-state index >= 15 is 0 Å². The summed E-state index contributed by atoms with van der Waals surface area (Å²) in [5.74, 6) is 0. The standard InChI is InChI=1S/C18H18ClNS/c1-11-10-17(21-12(11)2)18(20-3)15-8-9-16(19)14-7-5-4-6-13(14)15/h4-10,18,20H,1-3H3. The second-order valence-corrected chi connectivity index (χ2v) is 6.99. The van der Waals surface area contributed by atoms with Gasteiger partial charge in [-0.1, -0.05) is 41.9 Å². The molecule has 3 aromatic rings. The average molecular weight is 316 g/mol.